The standard InChI is InChI=1S/C18H26ClN3O2/c1-14-16(19)6-4-7-17(14)20-18(23)22-8-3-2-5-15(22)13-21-9-11-24-12-10-21/h4,6-7,15H,2-3,5,8-13H2,1H3,(H,20,23). The summed E-state index contributed by atoms with van der Waals surface area (Å²) >= 11 is 6.16. The highest BCUT2D eigenvalue weighted by Crippen LogP contribution is 2.25. The number of carbonyl (C=O) groups excluding carboxylic acids is 1. The average molecular weight is 352 g/mol. The Morgan fingerprint density at radius 1 is 1.29 bits per heavy atom. The highest BCUT2D eigenvalue weighted by Gasteiger charge is 2.29. The van der Waals surface area contributed by atoms with Crippen molar-refractivity contribution in [1.29, 1.82) is 0 Å². The maximum Gasteiger partial charge on any atom is 0.322 e. The third kappa shape index (κ3) is 4.21. The molecule has 2 amide bonds. The van der Waals surface area contributed by atoms with E-state index in [0.717, 1.165) is 63.5 Å². The SMILES string of the molecule is Cc1c(Cl)cccc1NC(=O)N1CCCCC1CN1CCOCC1. The van der Waals surface area contributed by atoms with Gasteiger partial charge in [-0.1, -0.05) is 17.7 Å². The number of piperidine rings is 1. The van der Waals surface area contributed by atoms with Crippen LogP contribution in [0.1, 0.15) is 24.8 Å². The van der Waals surface area contributed by atoms with E-state index in [4.69, 9.17) is 16.3 Å². The van der Waals surface area contributed by atoms with Gasteiger partial charge in [-0.2, -0.15) is 0 Å². The number of rotatable bonds is 3. The van der Waals surface area contributed by atoms with E-state index in [-0.39, 0.29) is 12.1 Å². The number of halogens is 1. The first kappa shape index (κ1) is 17.5. The van der Waals surface area contributed by atoms with Crippen molar-refractivity contribution in [2.45, 2.75) is 32.2 Å². The van der Waals surface area contributed by atoms with Crippen LogP contribution in [-0.2, 0) is 4.74 Å². The van der Waals surface area contributed by atoms with Gasteiger partial charge in [-0.3, -0.25) is 4.90 Å². The van der Waals surface area contributed by atoms with E-state index in [0.29, 0.717) is 5.02 Å². The van der Waals surface area contributed by atoms with Gasteiger partial charge in [0.25, 0.3) is 0 Å². The molecule has 0 spiro atoms. The molecule has 1 N–H and O–H groups in total. The number of benzene rings is 1. The molecule has 3 rings (SSSR count). The maximum absolute atomic E-state index is 12.8. The number of nitrogens with zero attached hydrogens (tertiary/aromatic N) is 2. The van der Waals surface area contributed by atoms with Gasteiger partial charge in [-0.05, 0) is 43.9 Å². The van der Waals surface area contributed by atoms with Crippen LogP contribution in [0.2, 0.25) is 5.02 Å². The van der Waals surface area contributed by atoms with Crippen LogP contribution < -0.4 is 5.32 Å². The second-order valence-electron chi connectivity index (χ2n) is 6.60. The van der Waals surface area contributed by atoms with Crippen LogP contribution in [0, 0.1) is 6.92 Å². The maximum atomic E-state index is 12.8. The molecular weight excluding hydrogens is 326 g/mol. The molecule has 0 aliphatic carbocycles. The fraction of sp³-hybridized carbons (Fsp3) is 0.611. The normalized spacial score (nSPS) is 22.4. The smallest absolute Gasteiger partial charge is 0.322 e. The molecule has 24 heavy (non-hydrogen) atoms. The molecule has 2 aliphatic heterocycles. The van der Waals surface area contributed by atoms with Gasteiger partial charge in [0, 0.05) is 42.9 Å². The molecule has 1 aromatic carbocycles. The van der Waals surface area contributed by atoms with Crippen LogP contribution in [-0.4, -0.2) is 61.3 Å². The van der Waals surface area contributed by atoms with E-state index < -0.39 is 0 Å². The molecule has 5 nitrogen and oxygen atoms in total. The Balaban J connectivity index is 1.65. The summed E-state index contributed by atoms with van der Waals surface area (Å²) in [5, 5.41) is 3.72. The van der Waals surface area contributed by atoms with Crippen molar-refractivity contribution >= 4 is 23.3 Å². The zero-order chi connectivity index (χ0) is 16.9. The number of urea groups is 1. The lowest BCUT2D eigenvalue weighted by atomic mass is 10.0. The van der Waals surface area contributed by atoms with Crippen molar-refractivity contribution in [2.24, 2.45) is 0 Å². The Morgan fingerprint density at radius 2 is 2.08 bits per heavy atom. The van der Waals surface area contributed by atoms with E-state index in [1.165, 1.54) is 6.42 Å². The Kier molecular flexibility index (Phi) is 5.98. The van der Waals surface area contributed by atoms with Gasteiger partial charge in [-0.15, -0.1) is 0 Å². The number of amides is 2. The highest BCUT2D eigenvalue weighted by atomic mass is 35.5. The van der Waals surface area contributed by atoms with E-state index in [9.17, 15) is 4.79 Å². The fourth-order valence-electron chi connectivity index (χ4n) is 3.47. The van der Waals surface area contributed by atoms with Gasteiger partial charge < -0.3 is 15.0 Å². The molecule has 1 unspecified atom stereocenters. The number of ether oxygens (including phenoxy) is 1. The van der Waals surface area contributed by atoms with Crippen LogP contribution in [0.5, 0.6) is 0 Å². The minimum absolute atomic E-state index is 0.0154. The average Bonchev–Trinajstić information content (AvgIpc) is 2.60. The summed E-state index contributed by atoms with van der Waals surface area (Å²) in [7, 11) is 0. The van der Waals surface area contributed by atoms with Crippen molar-refractivity contribution in [1.82, 2.24) is 9.80 Å². The first-order valence-corrected chi connectivity index (χ1v) is 9.16. The third-order valence-corrected chi connectivity index (χ3v) is 5.38. The molecular formula is C18H26ClN3O2. The minimum atomic E-state index is -0.0154. The van der Waals surface area contributed by atoms with Crippen LogP contribution in [0.15, 0.2) is 18.2 Å². The summed E-state index contributed by atoms with van der Waals surface area (Å²) in [5.41, 5.74) is 1.71. The summed E-state index contributed by atoms with van der Waals surface area (Å²) in [6.07, 6.45) is 3.33. The number of morpholine rings is 1. The van der Waals surface area contributed by atoms with Crippen LogP contribution in [0.4, 0.5) is 10.5 Å². The molecule has 1 atom stereocenters. The number of likely N-dealkylation sites (tertiary alicyclic amines) is 1. The molecule has 2 saturated heterocycles. The van der Waals surface area contributed by atoms with E-state index in [1.54, 1.807) is 0 Å². The van der Waals surface area contributed by atoms with Crippen molar-refractivity contribution in [3.8, 4) is 0 Å². The third-order valence-electron chi connectivity index (χ3n) is 4.97. The van der Waals surface area contributed by atoms with Crippen molar-refractivity contribution in [3.05, 3.63) is 28.8 Å². The van der Waals surface area contributed by atoms with Gasteiger partial charge in [0.05, 0.1) is 13.2 Å². The number of carbonyl (C=O) groups is 1. The molecule has 2 fully saturated rings. The van der Waals surface area contributed by atoms with Crippen LogP contribution >= 0.6 is 11.6 Å². The molecule has 0 bridgehead atoms. The molecule has 0 radical (unpaired) electrons. The van der Waals surface area contributed by atoms with Crippen LogP contribution in [0.3, 0.4) is 0 Å². The lowest BCUT2D eigenvalue weighted by Crippen LogP contribution is -2.52. The molecule has 0 saturated carbocycles. The fourth-order valence-corrected chi connectivity index (χ4v) is 3.64. The van der Waals surface area contributed by atoms with Gasteiger partial charge in [-0.25, -0.2) is 4.79 Å². The Morgan fingerprint density at radius 3 is 2.88 bits per heavy atom. The Hall–Kier alpha value is -1.30. The predicted octanol–water partition coefficient (Wildman–Crippen LogP) is 3.37. The van der Waals surface area contributed by atoms with Gasteiger partial charge in [0.15, 0.2) is 0 Å². The molecule has 2 aliphatic rings. The molecule has 2 heterocycles. The number of hydrogen-bond acceptors (Lipinski definition) is 3. The summed E-state index contributed by atoms with van der Waals surface area (Å²) in [5.74, 6) is 0. The minimum Gasteiger partial charge on any atom is -0.379 e. The molecule has 132 valence electrons. The van der Waals surface area contributed by atoms with Gasteiger partial charge in [0.2, 0.25) is 0 Å². The van der Waals surface area contributed by atoms with Crippen LogP contribution in [0.25, 0.3) is 0 Å². The van der Waals surface area contributed by atoms with Crippen molar-refractivity contribution < 1.29 is 9.53 Å². The summed E-state index contributed by atoms with van der Waals surface area (Å²) in [6, 6.07) is 5.87. The van der Waals surface area contributed by atoms with Crippen molar-refractivity contribution in [3.63, 3.8) is 0 Å². The number of nitrogens with one attached hydrogen (secondary N) is 1. The lowest BCUT2D eigenvalue weighted by Gasteiger charge is -2.39. The van der Waals surface area contributed by atoms with Crippen molar-refractivity contribution in [2.75, 3.05) is 44.7 Å². The number of hydrogen-bond donors (Lipinski definition) is 1. The molecule has 1 aromatic rings. The topological polar surface area (TPSA) is 44.8 Å². The lowest BCUT2D eigenvalue weighted by molar-refractivity contribution is 0.0229. The summed E-state index contributed by atoms with van der Waals surface area (Å²) in [6.45, 7) is 7.19. The highest BCUT2D eigenvalue weighted by molar-refractivity contribution is 6.31. The van der Waals surface area contributed by atoms with E-state index >= 15 is 0 Å². The predicted molar refractivity (Wildman–Crippen MR) is 96.8 cm³/mol. The zero-order valence-corrected chi connectivity index (χ0v) is 15.0. The Labute approximate surface area is 148 Å². The van der Waals surface area contributed by atoms with Gasteiger partial charge >= 0.3 is 6.03 Å². The second kappa shape index (κ2) is 8.19. The Bertz CT molecular complexity index is 575. The van der Waals surface area contributed by atoms with Gasteiger partial charge in [0.1, 0.15) is 0 Å². The number of anilines is 1. The van der Waals surface area contributed by atoms with E-state index in [2.05, 4.69) is 10.2 Å². The largest absolute Gasteiger partial charge is 0.379 e. The quantitative estimate of drug-likeness (QED) is 0.908. The first-order chi connectivity index (χ1) is 11.6. The molecule has 6 heteroatoms. The zero-order valence-electron chi connectivity index (χ0n) is 14.3. The summed E-state index contributed by atoms with van der Waals surface area (Å²) in [4.78, 5) is 17.2. The summed E-state index contributed by atoms with van der Waals surface area (Å²) < 4.78 is 5.42. The molecule has 0 aromatic heterocycles. The monoisotopic (exact) mass is 351 g/mol. The second-order valence-corrected chi connectivity index (χ2v) is 7.01. The first-order valence-electron chi connectivity index (χ1n) is 8.78. The van der Waals surface area contributed by atoms with E-state index in [1.807, 2.05) is 30.0 Å².